The average molecular weight is 374 g/mol. The minimum Gasteiger partial charge on any atom is -0.494 e. The van der Waals surface area contributed by atoms with E-state index in [1.165, 1.54) is 16.3 Å². The Morgan fingerprint density at radius 1 is 0.929 bits per heavy atom. The first-order valence-corrected chi connectivity index (χ1v) is 9.57. The van der Waals surface area contributed by atoms with E-state index in [0.29, 0.717) is 19.4 Å². The number of hydrogen-bond acceptors (Lipinski definition) is 2. The summed E-state index contributed by atoms with van der Waals surface area (Å²) in [5.41, 5.74) is 1.56. The molecular weight excluding hydrogens is 348 g/mol. The van der Waals surface area contributed by atoms with Gasteiger partial charge in [0.15, 0.2) is 0 Å². The van der Waals surface area contributed by atoms with Gasteiger partial charge in [-0.2, -0.15) is 0 Å². The number of aliphatic carboxylic acids is 1. The molecule has 0 bridgehead atoms. The van der Waals surface area contributed by atoms with Crippen LogP contribution in [-0.2, 0) is 4.79 Å². The zero-order chi connectivity index (χ0) is 20.0. The van der Waals surface area contributed by atoms with Crippen molar-refractivity contribution in [3.05, 3.63) is 77.9 Å². The molecule has 1 N–H and O–H groups in total. The highest BCUT2D eigenvalue weighted by Crippen LogP contribution is 2.23. The Morgan fingerprint density at radius 2 is 1.57 bits per heavy atom. The zero-order valence-electron chi connectivity index (χ0n) is 16.4. The van der Waals surface area contributed by atoms with E-state index < -0.39 is 11.4 Å². The van der Waals surface area contributed by atoms with Gasteiger partial charge in [0.2, 0.25) is 0 Å². The molecule has 0 radical (unpaired) electrons. The summed E-state index contributed by atoms with van der Waals surface area (Å²) < 4.78 is 5.73. The molecule has 0 aliphatic heterocycles. The third kappa shape index (κ3) is 5.23. The maximum Gasteiger partial charge on any atom is 0.309 e. The first-order valence-electron chi connectivity index (χ1n) is 9.57. The monoisotopic (exact) mass is 374 g/mol. The second-order valence-electron chi connectivity index (χ2n) is 7.65. The molecule has 0 spiro atoms. The number of carbonyl (C=O) groups is 1. The number of hydrogen-bond donors (Lipinski definition) is 1. The summed E-state index contributed by atoms with van der Waals surface area (Å²) in [7, 11) is 0. The maximum atomic E-state index is 11.1. The third-order valence-electron chi connectivity index (χ3n) is 4.92. The Labute approximate surface area is 166 Å². The first-order chi connectivity index (χ1) is 13.4. The molecule has 28 heavy (non-hydrogen) atoms. The average Bonchev–Trinajstić information content (AvgIpc) is 2.70. The molecule has 3 aromatic rings. The third-order valence-corrected chi connectivity index (χ3v) is 4.92. The van der Waals surface area contributed by atoms with Crippen LogP contribution in [0.1, 0.15) is 37.8 Å². The Morgan fingerprint density at radius 3 is 2.29 bits per heavy atom. The molecule has 0 aromatic heterocycles. The van der Waals surface area contributed by atoms with Crippen LogP contribution in [0.15, 0.2) is 66.7 Å². The van der Waals surface area contributed by atoms with Gasteiger partial charge in [-0.25, -0.2) is 0 Å². The summed E-state index contributed by atoms with van der Waals surface area (Å²) in [5, 5.41) is 11.6. The number of benzene rings is 3. The molecule has 0 amide bonds. The summed E-state index contributed by atoms with van der Waals surface area (Å²) in [4.78, 5) is 11.1. The van der Waals surface area contributed by atoms with E-state index >= 15 is 0 Å². The van der Waals surface area contributed by atoms with E-state index in [1.807, 2.05) is 24.3 Å². The van der Waals surface area contributed by atoms with Crippen molar-refractivity contribution in [3.8, 4) is 5.75 Å². The summed E-state index contributed by atoms with van der Waals surface area (Å²) in [5.74, 6) is 0.0334. The van der Waals surface area contributed by atoms with E-state index in [0.717, 1.165) is 11.3 Å². The molecule has 3 aromatic carbocycles. The van der Waals surface area contributed by atoms with Gasteiger partial charge in [-0.15, -0.1) is 0 Å². The number of fused-ring (bicyclic) bond motifs is 1. The summed E-state index contributed by atoms with van der Waals surface area (Å²) in [6.07, 6.45) is 5.50. The molecule has 0 saturated carbocycles. The molecule has 0 fully saturated rings. The van der Waals surface area contributed by atoms with Crippen LogP contribution in [0.25, 0.3) is 22.9 Å². The van der Waals surface area contributed by atoms with Gasteiger partial charge in [0, 0.05) is 0 Å². The minimum absolute atomic E-state index is 0.517. The van der Waals surface area contributed by atoms with Crippen LogP contribution in [-0.4, -0.2) is 17.7 Å². The van der Waals surface area contributed by atoms with Crippen molar-refractivity contribution >= 4 is 28.9 Å². The van der Waals surface area contributed by atoms with Crippen molar-refractivity contribution in [3.63, 3.8) is 0 Å². The Hall–Kier alpha value is -3.07. The van der Waals surface area contributed by atoms with Gasteiger partial charge in [0.05, 0.1) is 12.0 Å². The molecule has 0 aliphatic rings. The lowest BCUT2D eigenvalue weighted by molar-refractivity contribution is -0.147. The van der Waals surface area contributed by atoms with Crippen LogP contribution < -0.4 is 4.74 Å². The van der Waals surface area contributed by atoms with Crippen molar-refractivity contribution in [1.29, 1.82) is 0 Å². The number of ether oxygens (including phenoxy) is 1. The van der Waals surface area contributed by atoms with Gasteiger partial charge in [-0.05, 0) is 66.8 Å². The number of carboxylic acids is 1. The highest BCUT2D eigenvalue weighted by atomic mass is 16.5. The lowest BCUT2D eigenvalue weighted by Gasteiger charge is -2.18. The van der Waals surface area contributed by atoms with Crippen molar-refractivity contribution in [2.75, 3.05) is 6.61 Å². The van der Waals surface area contributed by atoms with E-state index in [9.17, 15) is 4.79 Å². The number of rotatable bonds is 8. The fraction of sp³-hybridized carbons (Fsp3) is 0.240. The topological polar surface area (TPSA) is 46.5 Å². The molecule has 0 unspecified atom stereocenters. The largest absolute Gasteiger partial charge is 0.494 e. The van der Waals surface area contributed by atoms with E-state index in [-0.39, 0.29) is 0 Å². The lowest BCUT2D eigenvalue weighted by Crippen LogP contribution is -2.24. The first kappa shape index (κ1) is 19.7. The van der Waals surface area contributed by atoms with Crippen molar-refractivity contribution in [1.82, 2.24) is 0 Å². The summed E-state index contributed by atoms with van der Waals surface area (Å²) >= 11 is 0. The molecule has 3 nitrogen and oxygen atoms in total. The van der Waals surface area contributed by atoms with E-state index in [4.69, 9.17) is 9.84 Å². The van der Waals surface area contributed by atoms with Gasteiger partial charge in [0.25, 0.3) is 0 Å². The molecule has 0 heterocycles. The van der Waals surface area contributed by atoms with E-state index in [2.05, 4.69) is 54.6 Å². The minimum atomic E-state index is -0.768. The van der Waals surface area contributed by atoms with Gasteiger partial charge < -0.3 is 9.84 Å². The quantitative estimate of drug-likeness (QED) is 0.373. The molecule has 3 rings (SSSR count). The van der Waals surface area contributed by atoms with E-state index in [1.54, 1.807) is 13.8 Å². The highest BCUT2D eigenvalue weighted by Gasteiger charge is 2.26. The van der Waals surface area contributed by atoms with Crippen LogP contribution in [0.2, 0.25) is 0 Å². The predicted molar refractivity (Wildman–Crippen MR) is 115 cm³/mol. The van der Waals surface area contributed by atoms with Crippen LogP contribution in [0.4, 0.5) is 0 Å². The fourth-order valence-corrected chi connectivity index (χ4v) is 2.99. The number of carboxylic acid groups (broad SMARTS) is 1. The van der Waals surface area contributed by atoms with Gasteiger partial charge in [-0.3, -0.25) is 4.79 Å². The standard InChI is InChI=1S/C25H26O3/c1-25(2,24(26)27)16-5-17-28-23-14-11-19(12-15-23)8-9-20-10-13-21-6-3-4-7-22(21)18-20/h3-4,6-15,18H,5,16-17H2,1-2H3,(H,26,27)/b9-8+. The van der Waals surface area contributed by atoms with Crippen LogP contribution in [0.3, 0.4) is 0 Å². The summed E-state index contributed by atoms with van der Waals surface area (Å²) in [6, 6.07) is 22.7. The zero-order valence-corrected chi connectivity index (χ0v) is 16.4. The van der Waals surface area contributed by atoms with Crippen molar-refractivity contribution in [2.45, 2.75) is 26.7 Å². The fourth-order valence-electron chi connectivity index (χ4n) is 2.99. The van der Waals surface area contributed by atoms with Crippen LogP contribution >= 0.6 is 0 Å². The maximum absolute atomic E-state index is 11.1. The van der Waals surface area contributed by atoms with Gasteiger partial charge >= 0.3 is 5.97 Å². The Kier molecular flexibility index (Phi) is 6.15. The highest BCUT2D eigenvalue weighted by molar-refractivity contribution is 5.86. The molecule has 0 aliphatic carbocycles. The molecule has 3 heteroatoms. The van der Waals surface area contributed by atoms with Gasteiger partial charge in [0.1, 0.15) is 5.75 Å². The summed E-state index contributed by atoms with van der Waals surface area (Å²) in [6.45, 7) is 4.00. The van der Waals surface area contributed by atoms with Crippen LogP contribution in [0.5, 0.6) is 5.75 Å². The molecular formula is C25H26O3. The predicted octanol–water partition coefficient (Wildman–Crippen LogP) is 6.28. The smallest absolute Gasteiger partial charge is 0.309 e. The van der Waals surface area contributed by atoms with Crippen LogP contribution in [0, 0.1) is 5.41 Å². The SMILES string of the molecule is CC(C)(CCCOc1ccc(/C=C/c2ccc3ccccc3c2)cc1)C(=O)O. The van der Waals surface area contributed by atoms with Crippen molar-refractivity contribution in [2.24, 2.45) is 5.41 Å². The second kappa shape index (κ2) is 8.75. The van der Waals surface area contributed by atoms with Gasteiger partial charge in [-0.1, -0.05) is 60.7 Å². The lowest BCUT2D eigenvalue weighted by atomic mass is 9.88. The molecule has 144 valence electrons. The normalized spacial score (nSPS) is 11.8. The van der Waals surface area contributed by atoms with Crippen molar-refractivity contribution < 1.29 is 14.6 Å². The second-order valence-corrected chi connectivity index (χ2v) is 7.65. The molecule has 0 saturated heterocycles. The Balaban J connectivity index is 1.53. The molecule has 0 atom stereocenters. The Bertz CT molecular complexity index is 969.